The van der Waals surface area contributed by atoms with Gasteiger partial charge in [0.2, 0.25) is 0 Å². The number of aromatic nitrogens is 1. The van der Waals surface area contributed by atoms with E-state index in [4.69, 9.17) is 0 Å². The molecule has 1 rings (SSSR count). The number of nitrogens with zero attached hydrogens (tertiary/aromatic N) is 1. The van der Waals surface area contributed by atoms with E-state index in [1.807, 2.05) is 25.4 Å². The van der Waals surface area contributed by atoms with Gasteiger partial charge in [-0.1, -0.05) is 0 Å². The largest absolute Gasteiger partial charge is 0.390 e. The Morgan fingerprint density at radius 2 is 2.38 bits per heavy atom. The number of rotatable bonds is 7. The summed E-state index contributed by atoms with van der Waals surface area (Å²) in [4.78, 5) is 4.26. The molecule has 2 N–H and O–H groups in total. The normalized spacial score (nSPS) is 14.0. The smallest absolute Gasteiger partial charge is 0.109 e. The Bertz CT molecular complexity index is 283. The monoisotopic (exact) mass is 260 g/mol. The first-order valence-corrected chi connectivity index (χ1v) is 7.45. The number of thioether (sulfide) groups is 1. The van der Waals surface area contributed by atoms with Crippen LogP contribution in [0.15, 0.2) is 11.6 Å². The van der Waals surface area contributed by atoms with E-state index in [-0.39, 0.29) is 0 Å². The molecule has 0 spiro atoms. The van der Waals surface area contributed by atoms with E-state index in [2.05, 4.69) is 17.2 Å². The molecule has 1 atom stereocenters. The maximum Gasteiger partial charge on any atom is 0.109 e. The molecule has 0 saturated carbocycles. The molecular formula is C11H20N2OS2. The molecule has 3 nitrogen and oxygen atoms in total. The molecule has 5 heteroatoms. The van der Waals surface area contributed by atoms with Crippen molar-refractivity contribution >= 4 is 23.1 Å². The number of hydrogen-bond donors (Lipinski definition) is 2. The topological polar surface area (TPSA) is 45.1 Å². The van der Waals surface area contributed by atoms with Gasteiger partial charge in [-0.25, -0.2) is 4.98 Å². The van der Waals surface area contributed by atoms with Crippen molar-refractivity contribution in [3.63, 3.8) is 0 Å². The molecule has 0 aliphatic heterocycles. The molecule has 16 heavy (non-hydrogen) atoms. The van der Waals surface area contributed by atoms with Gasteiger partial charge in [-0.15, -0.1) is 11.3 Å². The number of hydrogen-bond acceptors (Lipinski definition) is 5. The van der Waals surface area contributed by atoms with E-state index in [0.29, 0.717) is 6.04 Å². The van der Waals surface area contributed by atoms with Crippen LogP contribution in [0.1, 0.15) is 31.8 Å². The molecule has 0 aromatic carbocycles. The number of thiazole rings is 1. The lowest BCUT2D eigenvalue weighted by Gasteiger charge is -2.16. The van der Waals surface area contributed by atoms with Crippen molar-refractivity contribution in [2.24, 2.45) is 0 Å². The van der Waals surface area contributed by atoms with Crippen LogP contribution in [-0.4, -0.2) is 33.7 Å². The highest BCUT2D eigenvalue weighted by Gasteiger charge is 2.12. The lowest BCUT2D eigenvalue weighted by Crippen LogP contribution is -2.25. The molecule has 0 aliphatic carbocycles. The zero-order valence-electron chi connectivity index (χ0n) is 10.1. The summed E-state index contributed by atoms with van der Waals surface area (Å²) < 4.78 is 0. The molecule has 0 fully saturated rings. The van der Waals surface area contributed by atoms with Crippen molar-refractivity contribution in [2.75, 3.05) is 18.1 Å². The first-order valence-electron chi connectivity index (χ1n) is 5.42. The van der Waals surface area contributed by atoms with Gasteiger partial charge >= 0.3 is 0 Å². The van der Waals surface area contributed by atoms with Crippen LogP contribution in [0.4, 0.5) is 0 Å². The van der Waals surface area contributed by atoms with Gasteiger partial charge in [0.25, 0.3) is 0 Å². The molecule has 1 aromatic rings. The Morgan fingerprint density at radius 1 is 1.62 bits per heavy atom. The SMILES string of the molecule is CC(NCCSCC(C)(C)O)c1nccs1. The quantitative estimate of drug-likeness (QED) is 0.738. The number of nitrogens with one attached hydrogen (secondary N) is 1. The predicted molar refractivity (Wildman–Crippen MR) is 72.2 cm³/mol. The summed E-state index contributed by atoms with van der Waals surface area (Å²) in [5.41, 5.74) is -0.564. The summed E-state index contributed by atoms with van der Waals surface area (Å²) in [5.74, 6) is 1.79. The first kappa shape index (κ1) is 14.0. The van der Waals surface area contributed by atoms with Crippen molar-refractivity contribution in [1.29, 1.82) is 0 Å². The van der Waals surface area contributed by atoms with Crippen molar-refractivity contribution < 1.29 is 5.11 Å². The highest BCUT2D eigenvalue weighted by molar-refractivity contribution is 7.99. The van der Waals surface area contributed by atoms with Crippen molar-refractivity contribution in [2.45, 2.75) is 32.4 Å². The van der Waals surface area contributed by atoms with Gasteiger partial charge in [-0.05, 0) is 20.8 Å². The second-order valence-electron chi connectivity index (χ2n) is 4.41. The van der Waals surface area contributed by atoms with Gasteiger partial charge < -0.3 is 10.4 Å². The fourth-order valence-electron chi connectivity index (χ4n) is 1.21. The summed E-state index contributed by atoms with van der Waals surface area (Å²) in [6, 6.07) is 0.322. The fraction of sp³-hybridized carbons (Fsp3) is 0.727. The molecule has 1 aromatic heterocycles. The zero-order chi connectivity index (χ0) is 12.0. The van der Waals surface area contributed by atoms with Gasteiger partial charge in [-0.3, -0.25) is 0 Å². The minimum atomic E-state index is -0.564. The maximum atomic E-state index is 9.53. The molecule has 0 saturated heterocycles. The molecule has 1 unspecified atom stereocenters. The van der Waals surface area contributed by atoms with E-state index >= 15 is 0 Å². The highest BCUT2D eigenvalue weighted by Crippen LogP contribution is 2.15. The Morgan fingerprint density at radius 3 is 2.94 bits per heavy atom. The van der Waals surface area contributed by atoms with Crippen LogP contribution in [-0.2, 0) is 0 Å². The Labute approximate surface area is 106 Å². The fourth-order valence-corrected chi connectivity index (χ4v) is 2.78. The van der Waals surface area contributed by atoms with Gasteiger partial charge in [0.1, 0.15) is 5.01 Å². The Balaban J connectivity index is 2.08. The Kier molecular flexibility index (Phi) is 5.75. The maximum absolute atomic E-state index is 9.53. The second kappa shape index (κ2) is 6.59. The molecule has 0 radical (unpaired) electrons. The Hall–Kier alpha value is -0.100. The first-order chi connectivity index (χ1) is 7.49. The average molecular weight is 260 g/mol. The van der Waals surface area contributed by atoms with Crippen LogP contribution in [0.2, 0.25) is 0 Å². The molecule has 0 aliphatic rings. The van der Waals surface area contributed by atoms with E-state index in [1.54, 1.807) is 23.1 Å². The van der Waals surface area contributed by atoms with E-state index in [0.717, 1.165) is 23.1 Å². The third-order valence-electron chi connectivity index (χ3n) is 1.97. The highest BCUT2D eigenvalue weighted by atomic mass is 32.2. The molecular weight excluding hydrogens is 240 g/mol. The second-order valence-corrected chi connectivity index (χ2v) is 6.44. The molecule has 0 bridgehead atoms. The lowest BCUT2D eigenvalue weighted by atomic mass is 10.2. The van der Waals surface area contributed by atoms with Crippen molar-refractivity contribution in [3.8, 4) is 0 Å². The summed E-state index contributed by atoms with van der Waals surface area (Å²) >= 11 is 3.45. The summed E-state index contributed by atoms with van der Waals surface area (Å²) in [5, 5.41) is 16.1. The third-order valence-corrected chi connectivity index (χ3v) is 4.34. The molecule has 92 valence electrons. The minimum Gasteiger partial charge on any atom is -0.390 e. The summed E-state index contributed by atoms with van der Waals surface area (Å²) in [7, 11) is 0. The van der Waals surface area contributed by atoms with E-state index < -0.39 is 5.60 Å². The van der Waals surface area contributed by atoms with Crippen LogP contribution < -0.4 is 5.32 Å². The van der Waals surface area contributed by atoms with Crippen LogP contribution in [0, 0.1) is 0 Å². The predicted octanol–water partition coefficient (Wildman–Crippen LogP) is 2.30. The molecule has 1 heterocycles. The van der Waals surface area contributed by atoms with Gasteiger partial charge in [-0.2, -0.15) is 11.8 Å². The molecule has 0 amide bonds. The third kappa shape index (κ3) is 5.84. The minimum absolute atomic E-state index is 0.322. The van der Waals surface area contributed by atoms with E-state index in [1.165, 1.54) is 0 Å². The van der Waals surface area contributed by atoms with Crippen LogP contribution in [0.25, 0.3) is 0 Å². The van der Waals surface area contributed by atoms with Crippen LogP contribution in [0.3, 0.4) is 0 Å². The van der Waals surface area contributed by atoms with Crippen LogP contribution >= 0.6 is 23.1 Å². The summed E-state index contributed by atoms with van der Waals surface area (Å²) in [6.07, 6.45) is 1.83. The summed E-state index contributed by atoms with van der Waals surface area (Å²) in [6.45, 7) is 6.75. The van der Waals surface area contributed by atoms with Crippen molar-refractivity contribution in [1.82, 2.24) is 10.3 Å². The van der Waals surface area contributed by atoms with Gasteiger partial charge in [0.05, 0.1) is 11.6 Å². The zero-order valence-corrected chi connectivity index (χ0v) is 11.7. The average Bonchev–Trinajstić information content (AvgIpc) is 2.67. The van der Waals surface area contributed by atoms with Crippen LogP contribution in [0.5, 0.6) is 0 Å². The lowest BCUT2D eigenvalue weighted by molar-refractivity contribution is 0.107. The van der Waals surface area contributed by atoms with E-state index in [9.17, 15) is 5.11 Å². The standard InChI is InChI=1S/C11H20N2OS2/c1-9(10-13-5-7-16-10)12-4-6-15-8-11(2,3)14/h5,7,9,12,14H,4,6,8H2,1-3H3. The van der Waals surface area contributed by atoms with Crippen molar-refractivity contribution in [3.05, 3.63) is 16.6 Å². The van der Waals surface area contributed by atoms with Gasteiger partial charge in [0, 0.05) is 29.6 Å². The van der Waals surface area contributed by atoms with Gasteiger partial charge in [0.15, 0.2) is 0 Å². The number of aliphatic hydroxyl groups is 1.